The van der Waals surface area contributed by atoms with Crippen molar-refractivity contribution in [1.82, 2.24) is 9.97 Å². The van der Waals surface area contributed by atoms with Crippen LogP contribution in [-0.4, -0.2) is 9.97 Å². The smallest absolute Gasteiger partial charge is 0.125 e. The first-order chi connectivity index (χ1) is 6.86. The summed E-state index contributed by atoms with van der Waals surface area (Å²) >= 11 is 0. The molecule has 0 radical (unpaired) electrons. The fourth-order valence-corrected chi connectivity index (χ4v) is 1.23. The minimum absolute atomic E-state index is 0.121. The lowest BCUT2D eigenvalue weighted by molar-refractivity contribution is 0.490. The minimum atomic E-state index is 0.121. The molecule has 0 aromatic carbocycles. The molecule has 1 unspecified atom stereocenters. The number of aromatic nitrogens is 2. The number of nitrogens with one attached hydrogen (secondary N) is 1. The molecule has 1 N–H and O–H groups in total. The SMILES string of the molecule is CC(Nc1cncnc1)c1ccco1. The summed E-state index contributed by atoms with van der Waals surface area (Å²) in [6, 6.07) is 3.92. The molecule has 72 valence electrons. The van der Waals surface area contributed by atoms with Crippen LogP contribution in [0.1, 0.15) is 18.7 Å². The van der Waals surface area contributed by atoms with Crippen molar-refractivity contribution in [3.05, 3.63) is 42.9 Å². The van der Waals surface area contributed by atoms with Crippen molar-refractivity contribution in [1.29, 1.82) is 0 Å². The third-order valence-electron chi connectivity index (χ3n) is 1.91. The first-order valence-electron chi connectivity index (χ1n) is 4.41. The monoisotopic (exact) mass is 189 g/mol. The first-order valence-corrected chi connectivity index (χ1v) is 4.41. The van der Waals surface area contributed by atoms with E-state index in [1.54, 1.807) is 18.7 Å². The molecule has 0 amide bonds. The lowest BCUT2D eigenvalue weighted by Gasteiger charge is -2.11. The zero-order valence-electron chi connectivity index (χ0n) is 7.84. The van der Waals surface area contributed by atoms with Gasteiger partial charge in [-0.2, -0.15) is 0 Å². The molecule has 4 nitrogen and oxygen atoms in total. The first kappa shape index (κ1) is 8.74. The Hall–Kier alpha value is -1.84. The van der Waals surface area contributed by atoms with Gasteiger partial charge >= 0.3 is 0 Å². The van der Waals surface area contributed by atoms with E-state index >= 15 is 0 Å². The highest BCUT2D eigenvalue weighted by molar-refractivity contribution is 5.39. The van der Waals surface area contributed by atoms with Gasteiger partial charge < -0.3 is 9.73 Å². The van der Waals surface area contributed by atoms with Gasteiger partial charge in [0.15, 0.2) is 0 Å². The molecular formula is C10H11N3O. The second-order valence-electron chi connectivity index (χ2n) is 3.01. The highest BCUT2D eigenvalue weighted by Gasteiger charge is 2.07. The van der Waals surface area contributed by atoms with Gasteiger partial charge in [0.1, 0.15) is 12.1 Å². The van der Waals surface area contributed by atoms with E-state index in [0.29, 0.717) is 0 Å². The fraction of sp³-hybridized carbons (Fsp3) is 0.200. The molecule has 4 heteroatoms. The Kier molecular flexibility index (Phi) is 2.44. The predicted octanol–water partition coefficient (Wildman–Crippen LogP) is 2.24. The van der Waals surface area contributed by atoms with Gasteiger partial charge in [0.05, 0.1) is 30.4 Å². The normalized spacial score (nSPS) is 12.4. The van der Waals surface area contributed by atoms with Gasteiger partial charge in [-0.3, -0.25) is 0 Å². The van der Waals surface area contributed by atoms with Gasteiger partial charge in [-0.25, -0.2) is 9.97 Å². The van der Waals surface area contributed by atoms with Crippen LogP contribution < -0.4 is 5.32 Å². The molecule has 14 heavy (non-hydrogen) atoms. The molecule has 0 saturated carbocycles. The summed E-state index contributed by atoms with van der Waals surface area (Å²) in [6.45, 7) is 2.02. The molecule has 0 aliphatic rings. The zero-order valence-corrected chi connectivity index (χ0v) is 7.84. The van der Waals surface area contributed by atoms with E-state index in [1.165, 1.54) is 6.33 Å². The Morgan fingerprint density at radius 2 is 2.14 bits per heavy atom. The zero-order chi connectivity index (χ0) is 9.80. The second-order valence-corrected chi connectivity index (χ2v) is 3.01. The maximum absolute atomic E-state index is 5.26. The lowest BCUT2D eigenvalue weighted by Crippen LogP contribution is -2.05. The standard InChI is InChI=1S/C10H11N3O/c1-8(10-3-2-4-14-10)13-9-5-11-7-12-6-9/h2-8,13H,1H3. The summed E-state index contributed by atoms with van der Waals surface area (Å²) in [5.74, 6) is 0.897. The average molecular weight is 189 g/mol. The van der Waals surface area contributed by atoms with Crippen LogP contribution in [0, 0.1) is 0 Å². The van der Waals surface area contributed by atoms with Gasteiger partial charge in [-0.15, -0.1) is 0 Å². The van der Waals surface area contributed by atoms with Gasteiger partial charge in [0.2, 0.25) is 0 Å². The van der Waals surface area contributed by atoms with Crippen molar-refractivity contribution in [2.45, 2.75) is 13.0 Å². The number of hydrogen-bond donors (Lipinski definition) is 1. The van der Waals surface area contributed by atoms with Crippen LogP contribution in [0.15, 0.2) is 41.5 Å². The average Bonchev–Trinajstić information content (AvgIpc) is 2.72. The van der Waals surface area contributed by atoms with Crippen LogP contribution in [0.3, 0.4) is 0 Å². The number of hydrogen-bond acceptors (Lipinski definition) is 4. The van der Waals surface area contributed by atoms with Gasteiger partial charge in [0.25, 0.3) is 0 Å². The van der Waals surface area contributed by atoms with Crippen LogP contribution in [0.25, 0.3) is 0 Å². The molecular weight excluding hydrogens is 178 g/mol. The van der Waals surface area contributed by atoms with E-state index in [9.17, 15) is 0 Å². The molecule has 0 aliphatic heterocycles. The van der Waals surface area contributed by atoms with Gasteiger partial charge in [-0.1, -0.05) is 0 Å². The summed E-state index contributed by atoms with van der Waals surface area (Å²) in [5, 5.41) is 3.23. The third-order valence-corrected chi connectivity index (χ3v) is 1.91. The van der Waals surface area contributed by atoms with Crippen molar-refractivity contribution >= 4 is 5.69 Å². The molecule has 0 saturated heterocycles. The summed E-state index contributed by atoms with van der Waals surface area (Å²) in [6.07, 6.45) is 6.62. The Morgan fingerprint density at radius 1 is 1.36 bits per heavy atom. The molecule has 2 aromatic heterocycles. The molecule has 1 atom stereocenters. The van der Waals surface area contributed by atoms with E-state index in [-0.39, 0.29) is 6.04 Å². The second kappa shape index (κ2) is 3.91. The molecule has 2 heterocycles. The summed E-state index contributed by atoms with van der Waals surface area (Å²) in [4.78, 5) is 7.83. The number of anilines is 1. The highest BCUT2D eigenvalue weighted by Crippen LogP contribution is 2.17. The van der Waals surface area contributed by atoms with Gasteiger partial charge in [-0.05, 0) is 19.1 Å². The minimum Gasteiger partial charge on any atom is -0.467 e. The van der Waals surface area contributed by atoms with Crippen LogP contribution >= 0.6 is 0 Å². The van der Waals surface area contributed by atoms with Crippen molar-refractivity contribution < 1.29 is 4.42 Å². The molecule has 0 fully saturated rings. The Morgan fingerprint density at radius 3 is 2.79 bits per heavy atom. The van der Waals surface area contributed by atoms with E-state index < -0.39 is 0 Å². The molecule has 0 aliphatic carbocycles. The van der Waals surface area contributed by atoms with E-state index in [0.717, 1.165) is 11.4 Å². The summed E-state index contributed by atoms with van der Waals surface area (Å²) < 4.78 is 5.26. The maximum atomic E-state index is 5.26. The highest BCUT2D eigenvalue weighted by atomic mass is 16.3. The Balaban J connectivity index is 2.06. The molecule has 0 bridgehead atoms. The molecule has 2 aromatic rings. The molecule has 2 rings (SSSR count). The largest absolute Gasteiger partial charge is 0.467 e. The third kappa shape index (κ3) is 1.90. The van der Waals surface area contributed by atoms with Crippen LogP contribution in [0.5, 0.6) is 0 Å². The number of nitrogens with zero attached hydrogens (tertiary/aromatic N) is 2. The van der Waals surface area contributed by atoms with Crippen molar-refractivity contribution in [3.8, 4) is 0 Å². The summed E-state index contributed by atoms with van der Waals surface area (Å²) in [5.41, 5.74) is 0.886. The van der Waals surface area contributed by atoms with Crippen LogP contribution in [0.4, 0.5) is 5.69 Å². The van der Waals surface area contributed by atoms with Gasteiger partial charge in [0, 0.05) is 0 Å². The quantitative estimate of drug-likeness (QED) is 0.804. The van der Waals surface area contributed by atoms with Crippen molar-refractivity contribution in [2.24, 2.45) is 0 Å². The van der Waals surface area contributed by atoms with Crippen molar-refractivity contribution in [3.63, 3.8) is 0 Å². The lowest BCUT2D eigenvalue weighted by atomic mass is 10.2. The Labute approximate surface area is 82.0 Å². The van der Waals surface area contributed by atoms with E-state index in [4.69, 9.17) is 4.42 Å². The topological polar surface area (TPSA) is 51.0 Å². The number of rotatable bonds is 3. The van der Waals surface area contributed by atoms with E-state index in [1.807, 2.05) is 19.1 Å². The predicted molar refractivity (Wildman–Crippen MR) is 52.8 cm³/mol. The van der Waals surface area contributed by atoms with Crippen LogP contribution in [0.2, 0.25) is 0 Å². The molecule has 0 spiro atoms. The Bertz CT molecular complexity index is 372. The van der Waals surface area contributed by atoms with E-state index in [2.05, 4.69) is 15.3 Å². The fourth-order valence-electron chi connectivity index (χ4n) is 1.23. The number of furan rings is 1. The maximum Gasteiger partial charge on any atom is 0.125 e. The van der Waals surface area contributed by atoms with Crippen LogP contribution in [-0.2, 0) is 0 Å². The van der Waals surface area contributed by atoms with Crippen molar-refractivity contribution in [2.75, 3.05) is 5.32 Å². The summed E-state index contributed by atoms with van der Waals surface area (Å²) in [7, 11) is 0.